The van der Waals surface area contributed by atoms with Crippen molar-refractivity contribution in [1.82, 2.24) is 15.0 Å². The molecule has 0 saturated heterocycles. The van der Waals surface area contributed by atoms with Gasteiger partial charge in [0, 0.05) is 32.0 Å². The van der Waals surface area contributed by atoms with Crippen molar-refractivity contribution in [1.29, 1.82) is 0 Å². The number of benzene rings is 2. The van der Waals surface area contributed by atoms with Crippen LogP contribution in [0, 0.1) is 0 Å². The number of carbonyl (C=O) groups excluding carboxylic acids is 1. The Morgan fingerprint density at radius 3 is 2.74 bits per heavy atom. The highest BCUT2D eigenvalue weighted by molar-refractivity contribution is 5.76. The molecule has 7 nitrogen and oxygen atoms in total. The number of aryl methyl sites for hydroxylation is 1. The number of hydrogen-bond acceptors (Lipinski definition) is 6. The van der Waals surface area contributed by atoms with Crippen LogP contribution < -0.4 is 9.64 Å². The van der Waals surface area contributed by atoms with Crippen LogP contribution in [0.3, 0.4) is 0 Å². The highest BCUT2D eigenvalue weighted by Gasteiger charge is 2.26. The summed E-state index contributed by atoms with van der Waals surface area (Å²) in [5.74, 6) is 2.11. The van der Waals surface area contributed by atoms with Crippen molar-refractivity contribution in [2.75, 3.05) is 31.6 Å². The Labute approximate surface area is 182 Å². The van der Waals surface area contributed by atoms with E-state index in [2.05, 4.69) is 28.0 Å². The van der Waals surface area contributed by atoms with Gasteiger partial charge in [-0.05, 0) is 25.5 Å². The lowest BCUT2D eigenvalue weighted by atomic mass is 10.1. The lowest BCUT2D eigenvalue weighted by molar-refractivity contribution is -0.131. The Morgan fingerprint density at radius 2 is 1.94 bits per heavy atom. The molecule has 1 atom stereocenters. The van der Waals surface area contributed by atoms with Crippen LogP contribution in [0.15, 0.2) is 59.1 Å². The molecule has 0 aliphatic carbocycles. The quantitative estimate of drug-likeness (QED) is 0.552. The minimum absolute atomic E-state index is 0.0480. The lowest BCUT2D eigenvalue weighted by Gasteiger charge is -2.37. The summed E-state index contributed by atoms with van der Waals surface area (Å²) in [6, 6.07) is 17.8. The average molecular weight is 421 g/mol. The number of hydrogen-bond donors (Lipinski definition) is 0. The van der Waals surface area contributed by atoms with Crippen LogP contribution in [0.4, 0.5) is 5.69 Å². The predicted octanol–water partition coefficient (Wildman–Crippen LogP) is 3.81. The minimum atomic E-state index is -0.0480. The van der Waals surface area contributed by atoms with Gasteiger partial charge in [0.2, 0.25) is 17.6 Å². The lowest BCUT2D eigenvalue weighted by Crippen LogP contribution is -2.46. The van der Waals surface area contributed by atoms with Gasteiger partial charge in [-0.15, -0.1) is 0 Å². The molecule has 2 heterocycles. The summed E-state index contributed by atoms with van der Waals surface area (Å²) in [6.45, 7) is 4.37. The number of fused-ring (bicyclic) bond motifs is 1. The van der Waals surface area contributed by atoms with Gasteiger partial charge in [-0.3, -0.25) is 4.79 Å². The highest BCUT2D eigenvalue weighted by Crippen LogP contribution is 2.32. The summed E-state index contributed by atoms with van der Waals surface area (Å²) in [7, 11) is 1.84. The molecule has 0 fully saturated rings. The van der Waals surface area contributed by atoms with E-state index >= 15 is 0 Å². The number of amides is 1. The number of anilines is 1. The van der Waals surface area contributed by atoms with Gasteiger partial charge in [0.1, 0.15) is 11.9 Å². The standard InChI is InChI=1S/C24H28N4O3/c1-3-28-17-19(30-21-13-8-7-12-20(21)28)16-27(2)23(29)15-9-14-22-25-24(26-31-22)18-10-5-4-6-11-18/h4-8,10-13,19H,3,9,14-17H2,1-2H3. The summed E-state index contributed by atoms with van der Waals surface area (Å²) < 4.78 is 11.5. The Kier molecular flexibility index (Phi) is 6.50. The molecule has 1 aliphatic rings. The van der Waals surface area contributed by atoms with Crippen LogP contribution in [-0.4, -0.2) is 53.7 Å². The smallest absolute Gasteiger partial charge is 0.226 e. The number of rotatable bonds is 8. The van der Waals surface area contributed by atoms with Crippen molar-refractivity contribution in [2.45, 2.75) is 32.3 Å². The third kappa shape index (κ3) is 5.05. The van der Waals surface area contributed by atoms with Gasteiger partial charge in [-0.25, -0.2) is 0 Å². The van der Waals surface area contributed by atoms with Crippen LogP contribution in [0.5, 0.6) is 5.75 Å². The summed E-state index contributed by atoms with van der Waals surface area (Å²) in [6.07, 6.45) is 1.62. The van der Waals surface area contributed by atoms with Crippen molar-refractivity contribution in [3.05, 3.63) is 60.5 Å². The van der Waals surface area contributed by atoms with Crippen molar-refractivity contribution in [2.24, 2.45) is 0 Å². The molecule has 7 heteroatoms. The second-order valence-electron chi connectivity index (χ2n) is 7.75. The van der Waals surface area contributed by atoms with Crippen LogP contribution in [-0.2, 0) is 11.2 Å². The van der Waals surface area contributed by atoms with E-state index in [1.54, 1.807) is 4.90 Å². The van der Waals surface area contributed by atoms with E-state index in [4.69, 9.17) is 9.26 Å². The van der Waals surface area contributed by atoms with E-state index in [0.717, 1.165) is 30.1 Å². The molecule has 1 aliphatic heterocycles. The van der Waals surface area contributed by atoms with Crippen LogP contribution in [0.2, 0.25) is 0 Å². The fourth-order valence-electron chi connectivity index (χ4n) is 3.82. The van der Waals surface area contributed by atoms with Crippen molar-refractivity contribution >= 4 is 11.6 Å². The molecular formula is C24H28N4O3. The van der Waals surface area contributed by atoms with Gasteiger partial charge in [0.05, 0.1) is 18.8 Å². The molecule has 0 spiro atoms. The molecule has 0 N–H and O–H groups in total. The van der Waals surface area contributed by atoms with Gasteiger partial charge in [0.15, 0.2) is 0 Å². The van der Waals surface area contributed by atoms with Gasteiger partial charge >= 0.3 is 0 Å². The summed E-state index contributed by atoms with van der Waals surface area (Å²) >= 11 is 0. The van der Waals surface area contributed by atoms with Gasteiger partial charge in [-0.1, -0.05) is 47.6 Å². The van der Waals surface area contributed by atoms with E-state index in [-0.39, 0.29) is 12.0 Å². The second kappa shape index (κ2) is 9.64. The maximum atomic E-state index is 12.6. The number of likely N-dealkylation sites (N-methyl/N-ethyl adjacent to an activating group) is 2. The molecule has 0 bridgehead atoms. The molecule has 31 heavy (non-hydrogen) atoms. The first-order valence-corrected chi connectivity index (χ1v) is 10.8. The summed E-state index contributed by atoms with van der Waals surface area (Å²) in [4.78, 5) is 21.1. The third-order valence-corrected chi connectivity index (χ3v) is 5.49. The molecule has 2 aromatic carbocycles. The Morgan fingerprint density at radius 1 is 1.16 bits per heavy atom. The molecule has 3 aromatic rings. The van der Waals surface area contributed by atoms with Crippen molar-refractivity contribution in [3.8, 4) is 17.1 Å². The van der Waals surface area contributed by atoms with Gasteiger partial charge in [-0.2, -0.15) is 4.98 Å². The van der Waals surface area contributed by atoms with Crippen molar-refractivity contribution in [3.63, 3.8) is 0 Å². The highest BCUT2D eigenvalue weighted by atomic mass is 16.5. The molecular weight excluding hydrogens is 392 g/mol. The number of nitrogens with zero attached hydrogens (tertiary/aromatic N) is 4. The molecule has 162 valence electrons. The fraction of sp³-hybridized carbons (Fsp3) is 0.375. The van der Waals surface area contributed by atoms with E-state index in [0.29, 0.717) is 37.5 Å². The maximum absolute atomic E-state index is 12.6. The zero-order valence-corrected chi connectivity index (χ0v) is 18.0. The predicted molar refractivity (Wildman–Crippen MR) is 119 cm³/mol. The zero-order valence-electron chi connectivity index (χ0n) is 18.0. The van der Waals surface area contributed by atoms with E-state index in [9.17, 15) is 4.79 Å². The second-order valence-corrected chi connectivity index (χ2v) is 7.75. The average Bonchev–Trinajstić information content (AvgIpc) is 3.28. The monoisotopic (exact) mass is 420 g/mol. The first-order chi connectivity index (χ1) is 15.1. The SMILES string of the molecule is CCN1CC(CN(C)C(=O)CCCc2nc(-c3ccccc3)no2)Oc2ccccc21. The Bertz CT molecular complexity index is 1000. The number of para-hydroxylation sites is 2. The first-order valence-electron chi connectivity index (χ1n) is 10.8. The number of aromatic nitrogens is 2. The molecule has 1 aromatic heterocycles. The Hall–Kier alpha value is -3.35. The molecule has 0 radical (unpaired) electrons. The molecule has 0 saturated carbocycles. The van der Waals surface area contributed by atoms with Crippen LogP contribution in [0.1, 0.15) is 25.7 Å². The molecule has 1 unspecified atom stereocenters. The topological polar surface area (TPSA) is 71.7 Å². The van der Waals surface area contributed by atoms with E-state index in [1.807, 2.05) is 55.6 Å². The van der Waals surface area contributed by atoms with Crippen molar-refractivity contribution < 1.29 is 14.1 Å². The normalized spacial score (nSPS) is 15.3. The van der Waals surface area contributed by atoms with E-state index in [1.165, 1.54) is 0 Å². The number of ether oxygens (including phenoxy) is 1. The largest absolute Gasteiger partial charge is 0.485 e. The van der Waals surface area contributed by atoms with Crippen LogP contribution >= 0.6 is 0 Å². The van der Waals surface area contributed by atoms with Gasteiger partial charge < -0.3 is 19.1 Å². The van der Waals surface area contributed by atoms with Gasteiger partial charge in [0.25, 0.3) is 0 Å². The summed E-state index contributed by atoms with van der Waals surface area (Å²) in [5, 5.41) is 4.03. The minimum Gasteiger partial charge on any atom is -0.485 e. The molecule has 1 amide bonds. The maximum Gasteiger partial charge on any atom is 0.226 e. The molecule has 4 rings (SSSR count). The Balaban J connectivity index is 1.25. The van der Waals surface area contributed by atoms with Crippen LogP contribution in [0.25, 0.3) is 11.4 Å². The fourth-order valence-corrected chi connectivity index (χ4v) is 3.82. The summed E-state index contributed by atoms with van der Waals surface area (Å²) in [5.41, 5.74) is 2.04. The zero-order chi connectivity index (χ0) is 21.6. The van der Waals surface area contributed by atoms with E-state index < -0.39 is 0 Å². The first kappa shape index (κ1) is 20.9. The third-order valence-electron chi connectivity index (χ3n) is 5.49. The number of carbonyl (C=O) groups is 1.